The lowest BCUT2D eigenvalue weighted by Crippen LogP contribution is -2.02. The summed E-state index contributed by atoms with van der Waals surface area (Å²) < 4.78 is 27.5. The summed E-state index contributed by atoms with van der Waals surface area (Å²) in [5.41, 5.74) is 1.55. The molecular formula is C20H17F2NO2. The van der Waals surface area contributed by atoms with Crippen LogP contribution in [0.3, 0.4) is 0 Å². The Balaban J connectivity index is 2.20. The Bertz CT molecular complexity index is 954. The lowest BCUT2D eigenvalue weighted by atomic mass is 10.00. The van der Waals surface area contributed by atoms with E-state index in [1.165, 1.54) is 6.07 Å². The van der Waals surface area contributed by atoms with Crippen LogP contribution in [-0.2, 0) is 6.42 Å². The number of carboxylic acid groups (broad SMARTS) is 1. The van der Waals surface area contributed by atoms with Crippen LogP contribution >= 0.6 is 0 Å². The largest absolute Gasteiger partial charge is 0.478 e. The fourth-order valence-corrected chi connectivity index (χ4v) is 2.82. The van der Waals surface area contributed by atoms with E-state index < -0.39 is 17.6 Å². The van der Waals surface area contributed by atoms with Gasteiger partial charge in [0.1, 0.15) is 11.6 Å². The third-order valence-electron chi connectivity index (χ3n) is 4.13. The van der Waals surface area contributed by atoms with Crippen molar-refractivity contribution in [2.75, 3.05) is 0 Å². The Kier molecular flexibility index (Phi) is 4.74. The van der Waals surface area contributed by atoms with E-state index >= 15 is 0 Å². The van der Waals surface area contributed by atoms with Gasteiger partial charge in [-0.15, -0.1) is 0 Å². The first-order chi connectivity index (χ1) is 12.0. The van der Waals surface area contributed by atoms with Gasteiger partial charge >= 0.3 is 5.97 Å². The molecular weight excluding hydrogens is 324 g/mol. The van der Waals surface area contributed by atoms with Gasteiger partial charge in [0.05, 0.1) is 16.8 Å². The van der Waals surface area contributed by atoms with Gasteiger partial charge in [-0.05, 0) is 54.8 Å². The van der Waals surface area contributed by atoms with Gasteiger partial charge < -0.3 is 5.11 Å². The molecule has 0 saturated carbocycles. The van der Waals surface area contributed by atoms with E-state index in [1.807, 2.05) is 12.1 Å². The Labute approximate surface area is 144 Å². The molecule has 2 aromatic carbocycles. The summed E-state index contributed by atoms with van der Waals surface area (Å²) in [5.74, 6) is -2.38. The zero-order valence-electron chi connectivity index (χ0n) is 13.7. The number of pyridine rings is 1. The molecule has 1 N–H and O–H groups in total. The summed E-state index contributed by atoms with van der Waals surface area (Å²) >= 11 is 0. The fourth-order valence-electron chi connectivity index (χ4n) is 2.82. The minimum absolute atomic E-state index is 0.0296. The maximum atomic E-state index is 14.0. The molecule has 25 heavy (non-hydrogen) atoms. The van der Waals surface area contributed by atoms with Crippen LogP contribution in [0.2, 0.25) is 0 Å². The van der Waals surface area contributed by atoms with Crippen LogP contribution in [-0.4, -0.2) is 16.1 Å². The van der Waals surface area contributed by atoms with Gasteiger partial charge in [-0.25, -0.2) is 18.6 Å². The summed E-state index contributed by atoms with van der Waals surface area (Å²) in [5, 5.41) is 10.1. The maximum absolute atomic E-state index is 14.0. The molecule has 0 fully saturated rings. The topological polar surface area (TPSA) is 50.2 Å². The molecule has 0 saturated heterocycles. The number of carboxylic acids is 1. The zero-order valence-corrected chi connectivity index (χ0v) is 13.7. The number of hydrogen-bond acceptors (Lipinski definition) is 2. The fraction of sp³-hybridized carbons (Fsp3) is 0.200. The number of unbranched alkanes of at least 4 members (excludes halogenated alkanes) is 1. The molecule has 0 amide bonds. The molecule has 3 rings (SSSR count). The normalized spacial score (nSPS) is 11.0. The molecule has 0 aliphatic rings. The van der Waals surface area contributed by atoms with Crippen LogP contribution in [0.4, 0.5) is 8.78 Å². The SMILES string of the molecule is CCCCc1ccc2nc(-c3cc(F)ccc3F)cc(C(=O)O)c2c1. The van der Waals surface area contributed by atoms with Crippen molar-refractivity contribution >= 4 is 16.9 Å². The molecule has 0 spiro atoms. The van der Waals surface area contributed by atoms with Gasteiger partial charge in [0.15, 0.2) is 0 Å². The highest BCUT2D eigenvalue weighted by Crippen LogP contribution is 2.28. The number of benzene rings is 2. The molecule has 3 nitrogen and oxygen atoms in total. The second-order valence-electron chi connectivity index (χ2n) is 5.94. The summed E-state index contributed by atoms with van der Waals surface area (Å²) in [7, 11) is 0. The van der Waals surface area contributed by atoms with Crippen molar-refractivity contribution < 1.29 is 18.7 Å². The molecule has 0 bridgehead atoms. The Hall–Kier alpha value is -2.82. The summed E-state index contributed by atoms with van der Waals surface area (Å²) in [4.78, 5) is 16.0. The molecule has 0 atom stereocenters. The minimum Gasteiger partial charge on any atom is -0.478 e. The first-order valence-corrected chi connectivity index (χ1v) is 8.12. The second-order valence-corrected chi connectivity index (χ2v) is 5.94. The van der Waals surface area contributed by atoms with Gasteiger partial charge in [0.25, 0.3) is 0 Å². The first-order valence-electron chi connectivity index (χ1n) is 8.12. The molecule has 1 heterocycles. The molecule has 5 heteroatoms. The number of carbonyl (C=O) groups is 1. The minimum atomic E-state index is -1.13. The van der Waals surface area contributed by atoms with Crippen molar-refractivity contribution in [3.63, 3.8) is 0 Å². The molecule has 0 aliphatic carbocycles. The van der Waals surface area contributed by atoms with Crippen molar-refractivity contribution in [3.8, 4) is 11.3 Å². The lowest BCUT2D eigenvalue weighted by molar-refractivity contribution is 0.0699. The number of aromatic nitrogens is 1. The number of halogens is 2. The van der Waals surface area contributed by atoms with E-state index in [0.29, 0.717) is 10.9 Å². The Morgan fingerprint density at radius 2 is 1.92 bits per heavy atom. The van der Waals surface area contributed by atoms with Gasteiger partial charge in [-0.2, -0.15) is 0 Å². The van der Waals surface area contributed by atoms with E-state index in [1.54, 1.807) is 6.07 Å². The predicted molar refractivity (Wildman–Crippen MR) is 92.7 cm³/mol. The average Bonchev–Trinajstić information content (AvgIpc) is 2.60. The quantitative estimate of drug-likeness (QED) is 0.692. The van der Waals surface area contributed by atoms with Crippen LogP contribution in [0.5, 0.6) is 0 Å². The molecule has 0 aliphatic heterocycles. The summed E-state index contributed by atoms with van der Waals surface area (Å²) in [6.07, 6.45) is 2.90. The van der Waals surface area contributed by atoms with Crippen molar-refractivity contribution in [2.45, 2.75) is 26.2 Å². The molecule has 0 radical (unpaired) electrons. The maximum Gasteiger partial charge on any atom is 0.336 e. The highest BCUT2D eigenvalue weighted by Gasteiger charge is 2.16. The standard InChI is InChI=1S/C20H17F2NO2/c1-2-3-4-12-5-8-18-14(9-12)15(20(24)25)11-19(23-18)16-10-13(21)6-7-17(16)22/h5-11H,2-4H2,1H3,(H,24,25). The van der Waals surface area contributed by atoms with Crippen LogP contribution in [0.15, 0.2) is 42.5 Å². The van der Waals surface area contributed by atoms with Gasteiger partial charge in [0, 0.05) is 10.9 Å². The summed E-state index contributed by atoms with van der Waals surface area (Å²) in [6.45, 7) is 2.09. The first kappa shape index (κ1) is 17.0. The van der Waals surface area contributed by atoms with E-state index in [2.05, 4.69) is 11.9 Å². The van der Waals surface area contributed by atoms with E-state index in [9.17, 15) is 18.7 Å². The van der Waals surface area contributed by atoms with Crippen LogP contribution in [0.25, 0.3) is 22.2 Å². The number of aromatic carboxylic acids is 1. The summed E-state index contributed by atoms with van der Waals surface area (Å²) in [6, 6.07) is 9.77. The lowest BCUT2D eigenvalue weighted by Gasteiger charge is -2.10. The van der Waals surface area contributed by atoms with Crippen LogP contribution in [0, 0.1) is 11.6 Å². The number of nitrogens with zero attached hydrogens (tertiary/aromatic N) is 1. The van der Waals surface area contributed by atoms with E-state index in [-0.39, 0.29) is 16.8 Å². The Morgan fingerprint density at radius 3 is 2.64 bits per heavy atom. The van der Waals surface area contributed by atoms with Crippen molar-refractivity contribution in [1.29, 1.82) is 0 Å². The molecule has 128 valence electrons. The highest BCUT2D eigenvalue weighted by molar-refractivity contribution is 6.04. The third kappa shape index (κ3) is 3.50. The Morgan fingerprint density at radius 1 is 1.12 bits per heavy atom. The van der Waals surface area contributed by atoms with Crippen LogP contribution < -0.4 is 0 Å². The smallest absolute Gasteiger partial charge is 0.336 e. The zero-order chi connectivity index (χ0) is 18.0. The van der Waals surface area contributed by atoms with Crippen molar-refractivity contribution in [3.05, 3.63) is 65.2 Å². The molecule has 1 aromatic heterocycles. The third-order valence-corrected chi connectivity index (χ3v) is 4.13. The monoisotopic (exact) mass is 341 g/mol. The number of rotatable bonds is 5. The van der Waals surface area contributed by atoms with E-state index in [4.69, 9.17) is 0 Å². The predicted octanol–water partition coefficient (Wildman–Crippen LogP) is 5.22. The number of fused-ring (bicyclic) bond motifs is 1. The number of hydrogen-bond donors (Lipinski definition) is 1. The van der Waals surface area contributed by atoms with Crippen molar-refractivity contribution in [2.24, 2.45) is 0 Å². The van der Waals surface area contributed by atoms with Gasteiger partial charge in [0.2, 0.25) is 0 Å². The second kappa shape index (κ2) is 6.97. The number of aryl methyl sites for hydroxylation is 1. The highest BCUT2D eigenvalue weighted by atomic mass is 19.1. The van der Waals surface area contributed by atoms with E-state index in [0.717, 1.165) is 43.0 Å². The van der Waals surface area contributed by atoms with Crippen molar-refractivity contribution in [1.82, 2.24) is 4.98 Å². The molecule has 3 aromatic rings. The molecule has 0 unspecified atom stereocenters. The van der Waals surface area contributed by atoms with Gasteiger partial charge in [-0.3, -0.25) is 0 Å². The van der Waals surface area contributed by atoms with Crippen LogP contribution in [0.1, 0.15) is 35.7 Å². The average molecular weight is 341 g/mol. The van der Waals surface area contributed by atoms with Gasteiger partial charge in [-0.1, -0.05) is 19.4 Å².